The van der Waals surface area contributed by atoms with E-state index in [1.165, 1.54) is 5.56 Å². The smallest absolute Gasteiger partial charge is 0.232 e. The summed E-state index contributed by atoms with van der Waals surface area (Å²) in [6.45, 7) is 5.39. The highest BCUT2D eigenvalue weighted by Crippen LogP contribution is 2.44. The third kappa shape index (κ3) is 3.16. The maximum atomic E-state index is 13.0. The zero-order valence-corrected chi connectivity index (χ0v) is 17.2. The highest BCUT2D eigenvalue weighted by Gasteiger charge is 2.34. The van der Waals surface area contributed by atoms with Crippen LogP contribution in [0, 0.1) is 6.92 Å². The lowest BCUT2D eigenvalue weighted by atomic mass is 9.99. The van der Waals surface area contributed by atoms with Crippen LogP contribution in [0.15, 0.2) is 59.7 Å². The quantitative estimate of drug-likeness (QED) is 0.535. The van der Waals surface area contributed by atoms with Gasteiger partial charge in [0.1, 0.15) is 18.2 Å². The van der Waals surface area contributed by atoms with E-state index in [0.29, 0.717) is 23.8 Å². The number of Topliss-reactive ketones (excluding diaryl/α,β-unsaturated/α-hetero) is 1. The second kappa shape index (κ2) is 7.17. The minimum atomic E-state index is -0.0625. The molecule has 0 aliphatic carbocycles. The normalized spacial score (nSPS) is 18.1. The van der Waals surface area contributed by atoms with Gasteiger partial charge in [-0.15, -0.1) is 11.3 Å². The Morgan fingerprint density at radius 1 is 1.14 bits per heavy atom. The van der Waals surface area contributed by atoms with Crippen LogP contribution in [0.5, 0.6) is 11.5 Å². The van der Waals surface area contributed by atoms with E-state index in [1.54, 1.807) is 11.3 Å². The number of carbonyl (C=O) groups excluding carboxylic acids is 1. The molecule has 0 radical (unpaired) electrons. The molecule has 1 atom stereocenters. The van der Waals surface area contributed by atoms with Gasteiger partial charge in [-0.05, 0) is 36.9 Å². The molecule has 5 rings (SSSR count). The van der Waals surface area contributed by atoms with Crippen molar-refractivity contribution in [3.05, 3.63) is 86.8 Å². The number of ether oxygens (including phenoxy) is 2. The Balaban J connectivity index is 1.46. The van der Waals surface area contributed by atoms with Crippen molar-refractivity contribution in [1.82, 2.24) is 4.90 Å². The summed E-state index contributed by atoms with van der Waals surface area (Å²) >= 11 is 1.58. The minimum absolute atomic E-state index is 0.0625. The lowest BCUT2D eigenvalue weighted by Crippen LogP contribution is -2.34. The molecule has 0 saturated carbocycles. The fourth-order valence-electron chi connectivity index (χ4n) is 3.96. The Morgan fingerprint density at radius 2 is 1.97 bits per heavy atom. The van der Waals surface area contributed by atoms with Crippen molar-refractivity contribution in [1.29, 1.82) is 0 Å². The van der Waals surface area contributed by atoms with E-state index >= 15 is 0 Å². The number of rotatable bonds is 3. The summed E-state index contributed by atoms with van der Waals surface area (Å²) in [5, 5.41) is 1.99. The van der Waals surface area contributed by atoms with Gasteiger partial charge in [0.05, 0.1) is 5.56 Å². The molecular weight excluding hydrogens is 382 g/mol. The zero-order valence-electron chi connectivity index (χ0n) is 16.3. The molecule has 3 aromatic rings. The van der Waals surface area contributed by atoms with Crippen LogP contribution in [-0.2, 0) is 6.54 Å². The van der Waals surface area contributed by atoms with Crippen molar-refractivity contribution in [3.63, 3.8) is 0 Å². The summed E-state index contributed by atoms with van der Waals surface area (Å²) in [5.74, 6) is 1.78. The highest BCUT2D eigenvalue weighted by molar-refractivity contribution is 7.10. The maximum Gasteiger partial charge on any atom is 0.232 e. The first-order valence-electron chi connectivity index (χ1n) is 9.68. The Bertz CT molecular complexity index is 1100. The number of hydrogen-bond acceptors (Lipinski definition) is 5. The Labute approximate surface area is 174 Å². The first kappa shape index (κ1) is 18.2. The van der Waals surface area contributed by atoms with Gasteiger partial charge in [0.2, 0.25) is 5.78 Å². The fraction of sp³-hybridized carbons (Fsp3) is 0.208. The van der Waals surface area contributed by atoms with E-state index in [-0.39, 0.29) is 11.8 Å². The largest absolute Gasteiger partial charge is 0.477 e. The van der Waals surface area contributed by atoms with Crippen LogP contribution < -0.4 is 9.47 Å². The third-order valence-corrected chi connectivity index (χ3v) is 6.43. The molecule has 3 heterocycles. The predicted octanol–water partition coefficient (Wildman–Crippen LogP) is 5.59. The van der Waals surface area contributed by atoms with Crippen LogP contribution in [0.3, 0.4) is 0 Å². The number of benzene rings is 2. The van der Waals surface area contributed by atoms with Crippen molar-refractivity contribution in [2.45, 2.75) is 26.4 Å². The summed E-state index contributed by atoms with van der Waals surface area (Å²) in [4.78, 5) is 16.2. The summed E-state index contributed by atoms with van der Waals surface area (Å²) in [7, 11) is 0. The fourth-order valence-corrected chi connectivity index (χ4v) is 4.61. The monoisotopic (exact) mass is 403 g/mol. The van der Waals surface area contributed by atoms with Crippen molar-refractivity contribution in [2.75, 3.05) is 6.73 Å². The number of ketones is 1. The molecule has 1 unspecified atom stereocenters. The van der Waals surface area contributed by atoms with Crippen LogP contribution in [0.1, 0.15) is 44.9 Å². The third-order valence-electron chi connectivity index (χ3n) is 5.61. The second-order valence-electron chi connectivity index (χ2n) is 7.43. The van der Waals surface area contributed by atoms with Gasteiger partial charge in [-0.3, -0.25) is 9.69 Å². The summed E-state index contributed by atoms with van der Waals surface area (Å²) in [6.07, 6.45) is 1.82. The highest BCUT2D eigenvalue weighted by atomic mass is 32.1. The number of nitrogens with zero attached hydrogens (tertiary/aromatic N) is 1. The van der Waals surface area contributed by atoms with Crippen LogP contribution in [0.4, 0.5) is 0 Å². The summed E-state index contributed by atoms with van der Waals surface area (Å²) < 4.78 is 12.1. The summed E-state index contributed by atoms with van der Waals surface area (Å²) in [5.41, 5.74) is 3.80. The van der Waals surface area contributed by atoms with Crippen molar-refractivity contribution < 1.29 is 14.3 Å². The number of hydrogen-bond donors (Lipinski definition) is 0. The van der Waals surface area contributed by atoms with Crippen molar-refractivity contribution in [3.8, 4) is 11.5 Å². The van der Waals surface area contributed by atoms with Gasteiger partial charge in [-0.2, -0.15) is 0 Å². The molecule has 5 heteroatoms. The molecule has 0 amide bonds. The average Bonchev–Trinajstić information content (AvgIpc) is 3.37. The van der Waals surface area contributed by atoms with Gasteiger partial charge in [-0.1, -0.05) is 36.4 Å². The molecule has 1 aromatic heterocycles. The molecule has 146 valence electrons. The van der Waals surface area contributed by atoms with Crippen LogP contribution in [-0.4, -0.2) is 17.4 Å². The molecule has 0 saturated heterocycles. The van der Waals surface area contributed by atoms with Gasteiger partial charge >= 0.3 is 0 Å². The molecule has 29 heavy (non-hydrogen) atoms. The van der Waals surface area contributed by atoms with Crippen LogP contribution in [0.25, 0.3) is 6.08 Å². The van der Waals surface area contributed by atoms with E-state index < -0.39 is 0 Å². The van der Waals surface area contributed by atoms with Gasteiger partial charge in [0.25, 0.3) is 0 Å². The molecule has 0 N–H and O–H groups in total. The van der Waals surface area contributed by atoms with Gasteiger partial charge < -0.3 is 9.47 Å². The molecule has 0 spiro atoms. The van der Waals surface area contributed by atoms with Crippen LogP contribution in [0.2, 0.25) is 0 Å². The predicted molar refractivity (Wildman–Crippen MR) is 114 cm³/mol. The second-order valence-corrected chi connectivity index (χ2v) is 8.41. The first-order valence-corrected chi connectivity index (χ1v) is 10.6. The molecular formula is C24H21NO3S. The topological polar surface area (TPSA) is 38.8 Å². The molecule has 2 aliphatic rings. The maximum absolute atomic E-state index is 13.0. The standard InChI is InChI=1S/C24H21NO3S/c1-15-23-18(13-25(14-27-23)16(2)17-7-4-3-5-8-17)11-20-22(26)21(28-24(15)20)12-19-9-6-10-29-19/h3-12,16H,13-14H2,1-2H3/b21-12-. The number of carbonyl (C=O) groups is 1. The molecule has 0 fully saturated rings. The van der Waals surface area contributed by atoms with E-state index in [4.69, 9.17) is 9.47 Å². The van der Waals surface area contributed by atoms with Gasteiger partial charge in [0.15, 0.2) is 5.76 Å². The Hall–Kier alpha value is -2.89. The number of fused-ring (bicyclic) bond motifs is 2. The van der Waals surface area contributed by atoms with Crippen molar-refractivity contribution in [2.24, 2.45) is 0 Å². The van der Waals surface area contributed by atoms with Gasteiger partial charge in [-0.25, -0.2) is 0 Å². The van der Waals surface area contributed by atoms with E-state index in [0.717, 1.165) is 28.3 Å². The minimum Gasteiger partial charge on any atom is -0.477 e. The first-order chi connectivity index (χ1) is 14.1. The van der Waals surface area contributed by atoms with Gasteiger partial charge in [0, 0.05) is 34.7 Å². The number of allylic oxidation sites excluding steroid dienone is 1. The molecule has 4 nitrogen and oxygen atoms in total. The average molecular weight is 404 g/mol. The lowest BCUT2D eigenvalue weighted by molar-refractivity contribution is 0.0609. The zero-order chi connectivity index (χ0) is 20.0. The molecule has 0 bridgehead atoms. The number of thiophene rings is 1. The lowest BCUT2D eigenvalue weighted by Gasteiger charge is -2.34. The SMILES string of the molecule is Cc1c2c(cc3c1O/C(=C\c1cccs1)C3=O)CN(C(C)c1ccccc1)CO2. The van der Waals surface area contributed by atoms with E-state index in [9.17, 15) is 4.79 Å². The van der Waals surface area contributed by atoms with E-state index in [2.05, 4.69) is 36.1 Å². The van der Waals surface area contributed by atoms with Crippen LogP contribution >= 0.6 is 11.3 Å². The van der Waals surface area contributed by atoms with E-state index in [1.807, 2.05) is 42.6 Å². The Morgan fingerprint density at radius 3 is 2.72 bits per heavy atom. The Kier molecular flexibility index (Phi) is 4.49. The molecule has 2 aromatic carbocycles. The molecule has 2 aliphatic heterocycles. The summed E-state index contributed by atoms with van der Waals surface area (Å²) in [6, 6.07) is 16.5. The van der Waals surface area contributed by atoms with Crippen molar-refractivity contribution >= 4 is 23.2 Å².